The molecule has 0 unspecified atom stereocenters. The molecule has 0 saturated carbocycles. The van der Waals surface area contributed by atoms with Crippen LogP contribution in [0, 0.1) is 0 Å². The van der Waals surface area contributed by atoms with E-state index in [0.717, 1.165) is 28.3 Å². The Morgan fingerprint density at radius 3 is 1.45 bits per heavy atom. The number of hydrogen-bond donors (Lipinski definition) is 0. The average molecular weight is 677 g/mol. The molecular formula is C51H36N2. The van der Waals surface area contributed by atoms with Crippen LogP contribution >= 0.6 is 0 Å². The van der Waals surface area contributed by atoms with Gasteiger partial charge in [0.15, 0.2) is 5.82 Å². The lowest BCUT2D eigenvalue weighted by Gasteiger charge is -2.24. The molecule has 0 bridgehead atoms. The first-order valence-electron chi connectivity index (χ1n) is 18.3. The topological polar surface area (TPSA) is 25.8 Å². The van der Waals surface area contributed by atoms with Crippen molar-refractivity contribution in [1.82, 2.24) is 9.97 Å². The maximum atomic E-state index is 5.39. The third-order valence-electron chi connectivity index (χ3n) is 11.1. The lowest BCUT2D eigenvalue weighted by Crippen LogP contribution is -2.17. The summed E-state index contributed by atoms with van der Waals surface area (Å²) in [5, 5.41) is 4.95. The number of hydrogen-bond acceptors (Lipinski definition) is 2. The fourth-order valence-electron chi connectivity index (χ4n) is 8.57. The largest absolute Gasteiger partial charge is 0.228 e. The molecule has 1 heterocycles. The van der Waals surface area contributed by atoms with Gasteiger partial charge >= 0.3 is 0 Å². The molecule has 0 atom stereocenters. The predicted molar refractivity (Wildman–Crippen MR) is 222 cm³/mol. The van der Waals surface area contributed by atoms with Crippen LogP contribution < -0.4 is 0 Å². The second kappa shape index (κ2) is 12.3. The zero-order valence-electron chi connectivity index (χ0n) is 29.7. The highest BCUT2D eigenvalue weighted by Crippen LogP contribution is 2.52. The fourth-order valence-corrected chi connectivity index (χ4v) is 8.57. The van der Waals surface area contributed by atoms with Crippen LogP contribution in [-0.2, 0) is 5.41 Å². The van der Waals surface area contributed by atoms with E-state index in [1.807, 2.05) is 6.07 Å². The summed E-state index contributed by atoms with van der Waals surface area (Å²) < 4.78 is 0. The zero-order chi connectivity index (χ0) is 35.5. The van der Waals surface area contributed by atoms with Gasteiger partial charge in [0.05, 0.1) is 11.4 Å². The van der Waals surface area contributed by atoms with Crippen molar-refractivity contribution >= 4 is 21.5 Å². The molecular weight excluding hydrogens is 641 g/mol. The minimum Gasteiger partial charge on any atom is -0.228 e. The van der Waals surface area contributed by atoms with Gasteiger partial charge in [-0.05, 0) is 66.6 Å². The summed E-state index contributed by atoms with van der Waals surface area (Å²) in [4.78, 5) is 10.7. The van der Waals surface area contributed by atoms with E-state index in [1.54, 1.807) is 0 Å². The Morgan fingerprint density at radius 2 is 0.811 bits per heavy atom. The van der Waals surface area contributed by atoms with E-state index in [9.17, 15) is 0 Å². The Kier molecular flexibility index (Phi) is 7.19. The molecule has 0 radical (unpaired) electrons. The first-order valence-corrected chi connectivity index (χ1v) is 18.3. The monoisotopic (exact) mass is 676 g/mol. The molecule has 2 nitrogen and oxygen atoms in total. The Hall–Kier alpha value is -6.64. The van der Waals surface area contributed by atoms with E-state index < -0.39 is 0 Å². The van der Waals surface area contributed by atoms with Crippen LogP contribution in [0.5, 0.6) is 0 Å². The summed E-state index contributed by atoms with van der Waals surface area (Å²) >= 11 is 0. The number of aromatic nitrogens is 2. The van der Waals surface area contributed by atoms with E-state index in [1.165, 1.54) is 71.6 Å². The van der Waals surface area contributed by atoms with Gasteiger partial charge in [0.25, 0.3) is 0 Å². The Balaban J connectivity index is 1.19. The van der Waals surface area contributed by atoms with Crippen LogP contribution in [0.1, 0.15) is 25.0 Å². The van der Waals surface area contributed by atoms with E-state index >= 15 is 0 Å². The highest BCUT2D eigenvalue weighted by molar-refractivity contribution is 6.21. The Labute approximate surface area is 310 Å². The molecule has 1 aliphatic carbocycles. The summed E-state index contributed by atoms with van der Waals surface area (Å²) in [6.07, 6.45) is 0. The molecule has 8 aromatic carbocycles. The molecule has 0 amide bonds. The van der Waals surface area contributed by atoms with Crippen molar-refractivity contribution < 1.29 is 0 Å². The smallest absolute Gasteiger partial charge is 0.160 e. The zero-order valence-corrected chi connectivity index (χ0v) is 29.7. The second-order valence-corrected chi connectivity index (χ2v) is 14.5. The van der Waals surface area contributed by atoms with E-state index in [2.05, 4.69) is 190 Å². The maximum Gasteiger partial charge on any atom is 0.160 e. The molecule has 10 rings (SSSR count). The normalized spacial score (nSPS) is 12.9. The van der Waals surface area contributed by atoms with Crippen molar-refractivity contribution in [3.05, 3.63) is 193 Å². The van der Waals surface area contributed by atoms with E-state index in [0.29, 0.717) is 0 Å². The quantitative estimate of drug-likeness (QED) is 0.170. The first kappa shape index (κ1) is 31.1. The van der Waals surface area contributed by atoms with Crippen molar-refractivity contribution in [3.63, 3.8) is 0 Å². The van der Waals surface area contributed by atoms with E-state index in [4.69, 9.17) is 9.97 Å². The maximum absolute atomic E-state index is 5.39. The minimum atomic E-state index is -0.260. The first-order chi connectivity index (χ1) is 26.1. The summed E-state index contributed by atoms with van der Waals surface area (Å²) in [6, 6.07) is 65.5. The highest BCUT2D eigenvalue weighted by Gasteiger charge is 2.40. The molecule has 0 spiro atoms. The Morgan fingerprint density at radius 1 is 0.358 bits per heavy atom. The van der Waals surface area contributed by atoms with Gasteiger partial charge in [-0.2, -0.15) is 0 Å². The number of rotatable bonds is 5. The van der Waals surface area contributed by atoms with Crippen LogP contribution in [-0.4, -0.2) is 9.97 Å². The molecule has 1 aliphatic rings. The summed E-state index contributed by atoms with van der Waals surface area (Å²) in [7, 11) is 0. The second-order valence-electron chi connectivity index (χ2n) is 14.5. The molecule has 0 saturated heterocycles. The van der Waals surface area contributed by atoms with Crippen LogP contribution in [0.15, 0.2) is 182 Å². The van der Waals surface area contributed by atoms with Gasteiger partial charge in [-0.3, -0.25) is 0 Å². The molecule has 9 aromatic rings. The number of fused-ring (bicyclic) bond motifs is 5. The molecule has 0 fully saturated rings. The van der Waals surface area contributed by atoms with Crippen LogP contribution in [0.25, 0.3) is 88.8 Å². The van der Waals surface area contributed by atoms with Crippen molar-refractivity contribution in [1.29, 1.82) is 0 Å². The van der Waals surface area contributed by atoms with Gasteiger partial charge in [-0.25, -0.2) is 9.97 Å². The number of nitrogens with zero attached hydrogens (tertiary/aromatic N) is 2. The summed E-state index contributed by atoms with van der Waals surface area (Å²) in [5.74, 6) is 0.746. The summed E-state index contributed by atoms with van der Waals surface area (Å²) in [6.45, 7) is 4.62. The predicted octanol–water partition coefficient (Wildman–Crippen LogP) is 13.4. The molecule has 250 valence electrons. The fraction of sp³-hybridized carbons (Fsp3) is 0.0588. The van der Waals surface area contributed by atoms with Crippen LogP contribution in [0.2, 0.25) is 0 Å². The van der Waals surface area contributed by atoms with Crippen LogP contribution in [0.4, 0.5) is 0 Å². The van der Waals surface area contributed by atoms with Crippen molar-refractivity contribution in [2.24, 2.45) is 0 Å². The SMILES string of the molecule is CC1(C)c2ccccc2-c2nc(-c3ccccc3)nc(-c3cccc(-c4c5ccccc5c(-c5ccc(-c6ccccc6)cc5)c5ccccc45)c3)c21. The standard InChI is InChI=1S/C51H36N2/c1-51(2)44-27-14-13-26-43(44)49-47(51)48(52-50(53-49)36-18-7-4-8-19-36)38-21-15-20-37(32-38)46-41-24-11-9-22-39(41)45(40-23-10-12-25-42(40)46)35-30-28-34(29-31-35)33-16-5-3-6-17-33/h3-32H,1-2H3. The third-order valence-corrected chi connectivity index (χ3v) is 11.1. The molecule has 1 aromatic heterocycles. The Bertz CT molecular complexity index is 2780. The third kappa shape index (κ3) is 5.02. The minimum absolute atomic E-state index is 0.260. The van der Waals surface area contributed by atoms with Crippen molar-refractivity contribution in [2.45, 2.75) is 19.3 Å². The van der Waals surface area contributed by atoms with Gasteiger partial charge in [0.2, 0.25) is 0 Å². The van der Waals surface area contributed by atoms with E-state index in [-0.39, 0.29) is 5.41 Å². The molecule has 2 heteroatoms. The lowest BCUT2D eigenvalue weighted by molar-refractivity contribution is 0.658. The van der Waals surface area contributed by atoms with Crippen molar-refractivity contribution in [2.75, 3.05) is 0 Å². The highest BCUT2D eigenvalue weighted by atomic mass is 14.9. The van der Waals surface area contributed by atoms with Gasteiger partial charge in [-0.15, -0.1) is 0 Å². The summed E-state index contributed by atoms with van der Waals surface area (Å²) in [5.41, 5.74) is 14.8. The van der Waals surface area contributed by atoms with Gasteiger partial charge in [-0.1, -0.05) is 190 Å². The van der Waals surface area contributed by atoms with Crippen LogP contribution in [0.3, 0.4) is 0 Å². The van der Waals surface area contributed by atoms with Gasteiger partial charge in [0.1, 0.15) is 0 Å². The number of benzene rings is 8. The van der Waals surface area contributed by atoms with Crippen molar-refractivity contribution in [3.8, 4) is 67.3 Å². The lowest BCUT2D eigenvalue weighted by atomic mass is 9.80. The average Bonchev–Trinajstić information content (AvgIpc) is 3.46. The van der Waals surface area contributed by atoms with Gasteiger partial charge in [0, 0.05) is 27.7 Å². The van der Waals surface area contributed by atoms with Gasteiger partial charge < -0.3 is 0 Å². The molecule has 0 aliphatic heterocycles. The molecule has 0 N–H and O–H groups in total. The molecule has 53 heavy (non-hydrogen) atoms.